The molecule has 0 fully saturated rings. The van der Waals surface area contributed by atoms with Gasteiger partial charge in [-0.25, -0.2) is 19.0 Å². The predicted octanol–water partition coefficient (Wildman–Crippen LogP) is 2.93. The Morgan fingerprint density at radius 3 is 2.40 bits per heavy atom. The smallest absolute Gasteiger partial charge is 0.167 e. The van der Waals surface area contributed by atoms with Gasteiger partial charge in [0.15, 0.2) is 6.29 Å². The number of aromatic amines is 1. The van der Waals surface area contributed by atoms with E-state index in [4.69, 9.17) is 11.6 Å². The first-order valence-corrected chi connectivity index (χ1v) is 7.13. The van der Waals surface area contributed by atoms with Crippen LogP contribution in [0.3, 0.4) is 0 Å². The van der Waals surface area contributed by atoms with Gasteiger partial charge < -0.3 is 10.7 Å². The first-order valence-electron chi connectivity index (χ1n) is 7.13. The van der Waals surface area contributed by atoms with Crippen LogP contribution < -0.4 is 16.6 Å². The molecule has 2 aromatic carbocycles. The van der Waals surface area contributed by atoms with Gasteiger partial charge in [0.25, 0.3) is 0 Å². The maximum atomic E-state index is 14.1. The lowest BCUT2D eigenvalue weighted by atomic mass is 10.1. The van der Waals surface area contributed by atoms with Gasteiger partial charge in [-0.05, 0) is 30.3 Å². The number of anilines is 1. The Balaban J connectivity index is 2.31. The van der Waals surface area contributed by atoms with Gasteiger partial charge in [-0.2, -0.15) is 0 Å². The Labute approximate surface area is 140 Å². The molecular weight excluding hydrogens is 333 g/mol. The van der Waals surface area contributed by atoms with Crippen molar-refractivity contribution >= 4 is 22.9 Å². The number of hydrogen-bond donors (Lipinski definition) is 3. The van der Waals surface area contributed by atoms with Crippen molar-refractivity contribution in [1.82, 2.24) is 4.98 Å². The molecule has 0 spiro atoms. The third kappa shape index (κ3) is 3.07. The molecule has 0 bridgehead atoms. The van der Waals surface area contributed by atoms with Crippen molar-refractivity contribution in [2.24, 2.45) is 11.6 Å². The normalized spacial score (nSPS) is 11.8. The minimum atomic E-state index is -0.814. The largest absolute Gasteiger partial charge is 0.395 e. The molecule has 0 saturated heterocycles. The van der Waals surface area contributed by atoms with Crippen LogP contribution in [0.1, 0.15) is 0 Å². The molecule has 0 saturated carbocycles. The van der Waals surface area contributed by atoms with Crippen LogP contribution >= 0.6 is 0 Å². The summed E-state index contributed by atoms with van der Waals surface area (Å²) in [6.07, 6.45) is 1.50. The first-order chi connectivity index (χ1) is 11.9. The number of carbonyl (C=O) groups excluding carboxylic acids is 1. The van der Waals surface area contributed by atoms with Crippen molar-refractivity contribution in [3.05, 3.63) is 65.7 Å². The van der Waals surface area contributed by atoms with E-state index in [1.807, 2.05) is 0 Å². The fraction of sp³-hybridized carbons (Fsp3) is 0. The Morgan fingerprint density at radius 1 is 1.08 bits per heavy atom. The summed E-state index contributed by atoms with van der Waals surface area (Å²) in [6, 6.07) is 7.18. The summed E-state index contributed by atoms with van der Waals surface area (Å²) in [7, 11) is 0. The molecule has 5 nitrogen and oxygen atoms in total. The second-order valence-corrected chi connectivity index (χ2v) is 5.32. The van der Waals surface area contributed by atoms with Gasteiger partial charge in [-0.3, -0.25) is 9.80 Å². The van der Waals surface area contributed by atoms with Crippen LogP contribution in [0.5, 0.6) is 0 Å². The predicted molar refractivity (Wildman–Crippen MR) is 88.6 cm³/mol. The fourth-order valence-electron chi connectivity index (χ4n) is 2.56. The van der Waals surface area contributed by atoms with E-state index in [2.05, 4.69) is 4.98 Å². The molecule has 5 N–H and O–H groups in total. The number of hydrogen-bond acceptors (Lipinski definition) is 4. The summed E-state index contributed by atoms with van der Waals surface area (Å²) in [5.74, 6) is 3.87. The maximum Gasteiger partial charge on any atom is 0.167 e. The number of hydrazine groups is 1. The van der Waals surface area contributed by atoms with Crippen molar-refractivity contribution in [1.29, 1.82) is 0 Å². The molecule has 1 aromatic heterocycles. The summed E-state index contributed by atoms with van der Waals surface area (Å²) < 4.78 is 41.0. The van der Waals surface area contributed by atoms with E-state index in [-0.39, 0.29) is 22.3 Å². The fourth-order valence-corrected chi connectivity index (χ4v) is 2.56. The third-order valence-corrected chi connectivity index (χ3v) is 3.61. The maximum absolute atomic E-state index is 14.1. The van der Waals surface area contributed by atoms with Crippen molar-refractivity contribution in [2.45, 2.75) is 0 Å². The summed E-state index contributed by atoms with van der Waals surface area (Å²) in [4.78, 5) is 13.6. The van der Waals surface area contributed by atoms with Gasteiger partial charge >= 0.3 is 0 Å². The van der Waals surface area contributed by atoms with Gasteiger partial charge in [-0.1, -0.05) is 0 Å². The monoisotopic (exact) mass is 346 g/mol. The van der Waals surface area contributed by atoms with Gasteiger partial charge in [0.2, 0.25) is 0 Å². The second kappa shape index (κ2) is 6.33. The zero-order valence-electron chi connectivity index (χ0n) is 12.8. The van der Waals surface area contributed by atoms with Gasteiger partial charge in [0.1, 0.15) is 17.5 Å². The Kier molecular flexibility index (Phi) is 4.20. The standard InChI is InChI=1S/C17H13F3N4O/c18-10-3-1-9(2-4-10)15-17(24(22)7-12(21)8-25)13-5-11(19)6-14(20)16(13)23-15/h1-8,23H,21-22H2/b12-7-. The molecule has 25 heavy (non-hydrogen) atoms. The summed E-state index contributed by atoms with van der Waals surface area (Å²) in [5.41, 5.74) is 6.28. The number of benzene rings is 2. The molecule has 8 heteroatoms. The van der Waals surface area contributed by atoms with Crippen molar-refractivity contribution in [3.8, 4) is 11.3 Å². The van der Waals surface area contributed by atoms with E-state index in [1.54, 1.807) is 0 Å². The van der Waals surface area contributed by atoms with Crippen LogP contribution in [0.25, 0.3) is 22.2 Å². The number of H-pyrrole nitrogens is 1. The van der Waals surface area contributed by atoms with E-state index in [0.29, 0.717) is 17.5 Å². The number of nitrogens with two attached hydrogens (primary N) is 2. The lowest BCUT2D eigenvalue weighted by Gasteiger charge is -2.16. The molecule has 1 heterocycles. The lowest BCUT2D eigenvalue weighted by molar-refractivity contribution is -0.105. The molecule has 3 aromatic rings. The molecule has 0 aliphatic rings. The topological polar surface area (TPSA) is 88.1 Å². The molecule has 3 rings (SSSR count). The average Bonchev–Trinajstić information content (AvgIpc) is 2.95. The van der Waals surface area contributed by atoms with E-state index < -0.39 is 17.5 Å². The molecule has 128 valence electrons. The minimum absolute atomic E-state index is 0.0178. The van der Waals surface area contributed by atoms with E-state index in [0.717, 1.165) is 23.3 Å². The molecule has 0 unspecified atom stereocenters. The van der Waals surface area contributed by atoms with Crippen LogP contribution in [0.2, 0.25) is 0 Å². The third-order valence-electron chi connectivity index (χ3n) is 3.61. The molecular formula is C17H13F3N4O. The number of aldehydes is 1. The van der Waals surface area contributed by atoms with E-state index >= 15 is 0 Å². The quantitative estimate of drug-likeness (QED) is 0.293. The van der Waals surface area contributed by atoms with Gasteiger partial charge in [0.05, 0.1) is 22.6 Å². The highest BCUT2D eigenvalue weighted by Gasteiger charge is 2.20. The molecule has 0 aliphatic heterocycles. The number of aromatic nitrogens is 1. The Bertz CT molecular complexity index is 980. The number of rotatable bonds is 4. The zero-order chi connectivity index (χ0) is 18.1. The number of carbonyl (C=O) groups is 1. The number of fused-ring (bicyclic) bond motifs is 1. The number of nitrogens with one attached hydrogen (secondary N) is 1. The van der Waals surface area contributed by atoms with Gasteiger partial charge in [0, 0.05) is 23.2 Å². The minimum Gasteiger partial charge on any atom is -0.395 e. The highest BCUT2D eigenvalue weighted by atomic mass is 19.1. The zero-order valence-corrected chi connectivity index (χ0v) is 12.8. The van der Waals surface area contributed by atoms with Crippen LogP contribution in [-0.4, -0.2) is 11.3 Å². The number of halogens is 3. The first kappa shape index (κ1) is 16.6. The lowest BCUT2D eigenvalue weighted by Crippen LogP contribution is -2.26. The second-order valence-electron chi connectivity index (χ2n) is 5.32. The highest BCUT2D eigenvalue weighted by molar-refractivity contribution is 6.02. The van der Waals surface area contributed by atoms with Crippen molar-refractivity contribution < 1.29 is 18.0 Å². The number of nitrogens with zero attached hydrogens (tertiary/aromatic N) is 1. The van der Waals surface area contributed by atoms with Crippen molar-refractivity contribution in [3.63, 3.8) is 0 Å². The molecule has 0 aliphatic carbocycles. The van der Waals surface area contributed by atoms with E-state index in [1.165, 1.54) is 24.3 Å². The molecule has 0 amide bonds. The Hall–Kier alpha value is -3.26. The van der Waals surface area contributed by atoms with Crippen LogP contribution in [0.15, 0.2) is 48.3 Å². The average molecular weight is 346 g/mol. The van der Waals surface area contributed by atoms with Crippen LogP contribution in [-0.2, 0) is 4.79 Å². The summed E-state index contributed by atoms with van der Waals surface area (Å²) in [5, 5.41) is 1.13. The number of allylic oxidation sites excluding steroid dienone is 1. The summed E-state index contributed by atoms with van der Waals surface area (Å²) >= 11 is 0. The Morgan fingerprint density at radius 2 is 1.76 bits per heavy atom. The van der Waals surface area contributed by atoms with Crippen molar-refractivity contribution in [2.75, 3.05) is 5.01 Å². The highest BCUT2D eigenvalue weighted by Crippen LogP contribution is 2.38. The summed E-state index contributed by atoms with van der Waals surface area (Å²) in [6.45, 7) is 0. The van der Waals surface area contributed by atoms with Crippen LogP contribution in [0, 0.1) is 17.5 Å². The SMILES string of the molecule is N/C(C=O)=C\N(N)c1c(-c2ccc(F)cc2)[nH]c2c(F)cc(F)cc12. The molecule has 0 radical (unpaired) electrons. The van der Waals surface area contributed by atoms with Gasteiger partial charge in [-0.15, -0.1) is 0 Å². The molecule has 0 atom stereocenters. The van der Waals surface area contributed by atoms with E-state index in [9.17, 15) is 18.0 Å². The van der Waals surface area contributed by atoms with Crippen LogP contribution in [0.4, 0.5) is 18.9 Å².